The maximum Gasteiger partial charge on any atom is 0.104 e. The summed E-state index contributed by atoms with van der Waals surface area (Å²) in [6, 6.07) is 3.51. The van der Waals surface area contributed by atoms with Gasteiger partial charge in [0.15, 0.2) is 0 Å². The first-order valence-electron chi connectivity index (χ1n) is 6.04. The Balaban J connectivity index is 2.12. The molecule has 0 bridgehead atoms. The molecule has 2 aromatic heterocycles. The van der Waals surface area contributed by atoms with Gasteiger partial charge in [0.1, 0.15) is 5.69 Å². The summed E-state index contributed by atoms with van der Waals surface area (Å²) in [5, 5.41) is 3.00. The van der Waals surface area contributed by atoms with Crippen LogP contribution >= 0.6 is 0 Å². The van der Waals surface area contributed by atoms with Crippen LogP contribution in [0.2, 0.25) is 0 Å². The third kappa shape index (κ3) is 3.32. The first-order chi connectivity index (χ1) is 9.70. The average molecular weight is 268 g/mol. The van der Waals surface area contributed by atoms with Crippen LogP contribution in [0.15, 0.2) is 48.5 Å². The van der Waals surface area contributed by atoms with Crippen molar-refractivity contribution in [2.24, 2.45) is 4.99 Å². The second-order valence-corrected chi connectivity index (χ2v) is 4.06. The van der Waals surface area contributed by atoms with Crippen LogP contribution in [0.3, 0.4) is 0 Å². The van der Waals surface area contributed by atoms with Crippen LogP contribution < -0.4 is 16.8 Å². The van der Waals surface area contributed by atoms with E-state index in [1.807, 2.05) is 6.07 Å². The fourth-order valence-corrected chi connectivity index (χ4v) is 1.65. The minimum Gasteiger partial charge on any atom is -0.397 e. The molecular formula is C14H16N6. The average Bonchev–Trinajstić information content (AvgIpc) is 2.43. The van der Waals surface area contributed by atoms with Crippen molar-refractivity contribution < 1.29 is 0 Å². The Morgan fingerprint density at radius 2 is 2.20 bits per heavy atom. The summed E-state index contributed by atoms with van der Waals surface area (Å²) in [6.07, 6.45) is 8.78. The second kappa shape index (κ2) is 6.33. The van der Waals surface area contributed by atoms with E-state index in [9.17, 15) is 0 Å². The highest BCUT2D eigenvalue weighted by molar-refractivity contribution is 5.74. The van der Waals surface area contributed by atoms with Crippen LogP contribution in [-0.4, -0.2) is 16.2 Å². The van der Waals surface area contributed by atoms with Gasteiger partial charge < -0.3 is 16.8 Å². The Labute approximate surface area is 117 Å². The lowest BCUT2D eigenvalue weighted by Crippen LogP contribution is -2.00. The maximum atomic E-state index is 5.84. The molecule has 6 heteroatoms. The lowest BCUT2D eigenvalue weighted by molar-refractivity contribution is 1.16. The number of anilines is 3. The molecule has 102 valence electrons. The van der Waals surface area contributed by atoms with Gasteiger partial charge in [-0.15, -0.1) is 0 Å². The van der Waals surface area contributed by atoms with Crippen molar-refractivity contribution in [3.05, 3.63) is 49.2 Å². The van der Waals surface area contributed by atoms with E-state index in [1.165, 1.54) is 0 Å². The Bertz CT molecular complexity index is 635. The highest BCUT2D eigenvalue weighted by atomic mass is 14.9. The number of nitrogens with two attached hydrogens (primary N) is 2. The summed E-state index contributed by atoms with van der Waals surface area (Å²) >= 11 is 0. The van der Waals surface area contributed by atoms with Gasteiger partial charge in [-0.05, 0) is 18.3 Å². The van der Waals surface area contributed by atoms with E-state index in [0.717, 1.165) is 17.1 Å². The van der Waals surface area contributed by atoms with E-state index in [-0.39, 0.29) is 0 Å². The number of hydrogen-bond donors (Lipinski definition) is 3. The van der Waals surface area contributed by atoms with Gasteiger partial charge in [0.25, 0.3) is 0 Å². The Kier molecular flexibility index (Phi) is 4.28. The molecule has 0 atom stereocenters. The van der Waals surface area contributed by atoms with Gasteiger partial charge >= 0.3 is 0 Å². The molecule has 0 aliphatic carbocycles. The van der Waals surface area contributed by atoms with Gasteiger partial charge in [-0.3, -0.25) is 15.0 Å². The van der Waals surface area contributed by atoms with Crippen molar-refractivity contribution in [1.29, 1.82) is 0 Å². The molecule has 0 saturated heterocycles. The fraction of sp³-hybridized carbons (Fsp3) is 0.0714. The summed E-state index contributed by atoms with van der Waals surface area (Å²) in [7, 11) is 0. The molecule has 0 radical (unpaired) electrons. The van der Waals surface area contributed by atoms with Crippen molar-refractivity contribution >= 4 is 29.0 Å². The number of aliphatic imine (C=N–C) groups is 1. The Hall–Kier alpha value is -2.89. The van der Waals surface area contributed by atoms with E-state index in [2.05, 4.69) is 26.9 Å². The third-order valence-electron chi connectivity index (χ3n) is 2.60. The van der Waals surface area contributed by atoms with E-state index in [1.54, 1.807) is 37.1 Å². The summed E-state index contributed by atoms with van der Waals surface area (Å²) < 4.78 is 0. The number of nitrogen functional groups attached to an aromatic ring is 2. The summed E-state index contributed by atoms with van der Waals surface area (Å²) in [4.78, 5) is 12.6. The molecule has 0 spiro atoms. The largest absolute Gasteiger partial charge is 0.397 e. The Morgan fingerprint density at radius 3 is 2.95 bits per heavy atom. The molecule has 0 aromatic carbocycles. The fourth-order valence-electron chi connectivity index (χ4n) is 1.65. The lowest BCUT2D eigenvalue weighted by Gasteiger charge is -2.04. The van der Waals surface area contributed by atoms with E-state index < -0.39 is 0 Å². The molecule has 2 rings (SSSR count). The summed E-state index contributed by atoms with van der Waals surface area (Å²) in [5.41, 5.74) is 14.8. The highest BCUT2D eigenvalue weighted by Crippen LogP contribution is 2.22. The van der Waals surface area contributed by atoms with E-state index >= 15 is 0 Å². The van der Waals surface area contributed by atoms with E-state index in [4.69, 9.17) is 11.5 Å². The van der Waals surface area contributed by atoms with Crippen molar-refractivity contribution in [3.8, 4) is 0 Å². The van der Waals surface area contributed by atoms with Crippen LogP contribution in [0.4, 0.5) is 22.7 Å². The quantitative estimate of drug-likeness (QED) is 0.721. The summed E-state index contributed by atoms with van der Waals surface area (Å²) in [5.74, 6) is 0. The zero-order valence-electron chi connectivity index (χ0n) is 11.0. The van der Waals surface area contributed by atoms with Crippen LogP contribution in [-0.2, 0) is 6.42 Å². The number of nitrogens with zero attached hydrogens (tertiary/aromatic N) is 3. The lowest BCUT2D eigenvalue weighted by atomic mass is 10.2. The van der Waals surface area contributed by atoms with E-state index in [0.29, 0.717) is 17.8 Å². The molecule has 20 heavy (non-hydrogen) atoms. The monoisotopic (exact) mass is 268 g/mol. The second-order valence-electron chi connectivity index (χ2n) is 4.06. The van der Waals surface area contributed by atoms with Crippen molar-refractivity contribution in [2.75, 3.05) is 16.8 Å². The molecule has 0 aliphatic rings. The zero-order valence-corrected chi connectivity index (χ0v) is 11.0. The van der Waals surface area contributed by atoms with Crippen LogP contribution in [0.5, 0.6) is 0 Å². The van der Waals surface area contributed by atoms with Gasteiger partial charge in [0, 0.05) is 18.8 Å². The Morgan fingerprint density at radius 1 is 1.35 bits per heavy atom. The first-order valence-corrected chi connectivity index (χ1v) is 6.04. The minimum atomic E-state index is 0.522. The molecule has 2 heterocycles. The molecular weight excluding hydrogens is 252 g/mol. The standard InChI is InChI=1S/C14H16N6/c1-2-18-13-3-5-17-9-14(13)19-6-4-12-11(16)7-10(15)8-20-12/h2-3,5-9H,1,4,15-16H2,(H,17,18). The van der Waals surface area contributed by atoms with Gasteiger partial charge in [0.05, 0.1) is 35.1 Å². The van der Waals surface area contributed by atoms with Crippen LogP contribution in [0.1, 0.15) is 5.69 Å². The molecule has 0 fully saturated rings. The summed E-state index contributed by atoms with van der Waals surface area (Å²) in [6.45, 7) is 3.62. The van der Waals surface area contributed by atoms with Gasteiger partial charge in [-0.25, -0.2) is 0 Å². The SMILES string of the molecule is C=CNc1ccncc1N=CCc1ncc(N)cc1N. The van der Waals surface area contributed by atoms with Gasteiger partial charge in [-0.1, -0.05) is 6.58 Å². The molecule has 0 aliphatic heterocycles. The van der Waals surface area contributed by atoms with Gasteiger partial charge in [-0.2, -0.15) is 0 Å². The van der Waals surface area contributed by atoms with Crippen molar-refractivity contribution in [1.82, 2.24) is 9.97 Å². The maximum absolute atomic E-state index is 5.84. The van der Waals surface area contributed by atoms with Crippen molar-refractivity contribution in [3.63, 3.8) is 0 Å². The number of nitrogens with one attached hydrogen (secondary N) is 1. The predicted octanol–water partition coefficient (Wildman–Crippen LogP) is 2.14. The number of pyridine rings is 2. The van der Waals surface area contributed by atoms with Crippen molar-refractivity contribution in [2.45, 2.75) is 6.42 Å². The number of rotatable bonds is 5. The molecule has 0 amide bonds. The van der Waals surface area contributed by atoms with Crippen LogP contribution in [0, 0.1) is 0 Å². The molecule has 0 saturated carbocycles. The third-order valence-corrected chi connectivity index (χ3v) is 2.60. The number of hydrogen-bond acceptors (Lipinski definition) is 6. The minimum absolute atomic E-state index is 0.522. The highest BCUT2D eigenvalue weighted by Gasteiger charge is 2.01. The molecule has 0 unspecified atom stereocenters. The smallest absolute Gasteiger partial charge is 0.104 e. The normalized spacial score (nSPS) is 10.6. The number of aromatic nitrogens is 2. The predicted molar refractivity (Wildman–Crippen MR) is 83.0 cm³/mol. The van der Waals surface area contributed by atoms with Crippen LogP contribution in [0.25, 0.3) is 0 Å². The first kappa shape index (κ1) is 13.5. The molecule has 2 aromatic rings. The molecule has 6 nitrogen and oxygen atoms in total. The topological polar surface area (TPSA) is 102 Å². The van der Waals surface area contributed by atoms with Gasteiger partial charge in [0.2, 0.25) is 0 Å². The zero-order chi connectivity index (χ0) is 14.4. The molecule has 5 N–H and O–H groups in total.